The van der Waals surface area contributed by atoms with E-state index in [1.165, 1.54) is 6.42 Å². The first-order chi connectivity index (χ1) is 12.6. The van der Waals surface area contributed by atoms with Gasteiger partial charge in [-0.25, -0.2) is 17.9 Å². The van der Waals surface area contributed by atoms with Gasteiger partial charge in [0.2, 0.25) is 10.0 Å². The van der Waals surface area contributed by atoms with Crippen molar-refractivity contribution in [1.82, 2.24) is 20.7 Å². The Morgan fingerprint density at radius 1 is 1.15 bits per heavy atom. The lowest BCUT2D eigenvalue weighted by molar-refractivity contribution is 0.0529. The number of amides is 1. The molecule has 1 aliphatic carbocycles. The van der Waals surface area contributed by atoms with Gasteiger partial charge >= 0.3 is 6.09 Å². The molecule has 0 atom stereocenters. The molecule has 4 N–H and O–H groups in total. The SMILES string of the molecule is CCNC(=NCCS(=O)(=O)NCC1CCC1)NCCNC(=O)OC(C)(C)C. The van der Waals surface area contributed by atoms with Gasteiger partial charge in [0.25, 0.3) is 0 Å². The first-order valence-electron chi connectivity index (χ1n) is 9.57. The van der Waals surface area contributed by atoms with Gasteiger partial charge in [0.05, 0.1) is 12.3 Å². The summed E-state index contributed by atoms with van der Waals surface area (Å²) in [6.45, 7) is 9.47. The third-order valence-corrected chi connectivity index (χ3v) is 5.20. The third kappa shape index (κ3) is 11.7. The number of carbonyl (C=O) groups is 1. The van der Waals surface area contributed by atoms with Crippen LogP contribution in [0.5, 0.6) is 0 Å². The van der Waals surface area contributed by atoms with E-state index in [9.17, 15) is 13.2 Å². The van der Waals surface area contributed by atoms with E-state index in [4.69, 9.17) is 4.74 Å². The minimum absolute atomic E-state index is 0.0492. The number of aliphatic imine (C=N–C) groups is 1. The average molecular weight is 406 g/mol. The Morgan fingerprint density at radius 3 is 2.37 bits per heavy atom. The van der Waals surface area contributed by atoms with Crippen molar-refractivity contribution in [3.05, 3.63) is 0 Å². The molecule has 10 heteroatoms. The van der Waals surface area contributed by atoms with Gasteiger partial charge in [-0.05, 0) is 46.5 Å². The van der Waals surface area contributed by atoms with E-state index < -0.39 is 21.7 Å². The molecule has 1 amide bonds. The van der Waals surface area contributed by atoms with Crippen molar-refractivity contribution < 1.29 is 17.9 Å². The molecule has 0 bridgehead atoms. The first kappa shape index (κ1) is 23.5. The van der Waals surface area contributed by atoms with Crippen molar-refractivity contribution in [1.29, 1.82) is 0 Å². The van der Waals surface area contributed by atoms with Gasteiger partial charge in [0.1, 0.15) is 5.60 Å². The van der Waals surface area contributed by atoms with E-state index >= 15 is 0 Å². The fraction of sp³-hybridized carbons (Fsp3) is 0.882. The molecule has 1 fully saturated rings. The van der Waals surface area contributed by atoms with Crippen LogP contribution < -0.4 is 20.7 Å². The molecule has 1 saturated carbocycles. The number of ether oxygens (including phenoxy) is 1. The Bertz CT molecular complexity index is 583. The molecule has 27 heavy (non-hydrogen) atoms. The van der Waals surface area contributed by atoms with Crippen molar-refractivity contribution in [3.8, 4) is 0 Å². The average Bonchev–Trinajstić information content (AvgIpc) is 2.47. The highest BCUT2D eigenvalue weighted by molar-refractivity contribution is 7.89. The summed E-state index contributed by atoms with van der Waals surface area (Å²) in [5.74, 6) is 0.948. The van der Waals surface area contributed by atoms with Gasteiger partial charge in [-0.2, -0.15) is 0 Å². The lowest BCUT2D eigenvalue weighted by Crippen LogP contribution is -2.42. The number of rotatable bonds is 10. The van der Waals surface area contributed by atoms with Crippen LogP contribution in [0.4, 0.5) is 4.79 Å². The predicted molar refractivity (Wildman–Crippen MR) is 107 cm³/mol. The van der Waals surface area contributed by atoms with Crippen LogP contribution in [0.15, 0.2) is 4.99 Å². The maximum atomic E-state index is 12.0. The Balaban J connectivity index is 2.29. The van der Waals surface area contributed by atoms with Crippen LogP contribution in [0.2, 0.25) is 0 Å². The number of hydrogen-bond donors (Lipinski definition) is 4. The highest BCUT2D eigenvalue weighted by atomic mass is 32.2. The van der Waals surface area contributed by atoms with E-state index in [0.717, 1.165) is 12.8 Å². The van der Waals surface area contributed by atoms with Crippen molar-refractivity contribution in [2.45, 2.75) is 52.6 Å². The molecule has 1 rings (SSSR count). The van der Waals surface area contributed by atoms with Crippen LogP contribution in [-0.2, 0) is 14.8 Å². The zero-order valence-corrected chi connectivity index (χ0v) is 17.7. The quantitative estimate of drug-likeness (QED) is 0.242. The molecule has 158 valence electrons. The summed E-state index contributed by atoms with van der Waals surface area (Å²) in [5, 5.41) is 8.73. The molecule has 1 aliphatic rings. The summed E-state index contributed by atoms with van der Waals surface area (Å²) in [6.07, 6.45) is 2.92. The highest BCUT2D eigenvalue weighted by Crippen LogP contribution is 2.25. The molecular weight excluding hydrogens is 370 g/mol. The Labute approximate surface area is 163 Å². The number of guanidine groups is 1. The molecule has 9 nitrogen and oxygen atoms in total. The van der Waals surface area contributed by atoms with E-state index in [-0.39, 0.29) is 12.3 Å². The van der Waals surface area contributed by atoms with Crippen molar-refractivity contribution >= 4 is 22.1 Å². The number of nitrogens with one attached hydrogen (secondary N) is 4. The van der Waals surface area contributed by atoms with Crippen LogP contribution in [0, 0.1) is 5.92 Å². The molecule has 0 unspecified atom stereocenters. The molecule has 0 saturated heterocycles. The van der Waals surface area contributed by atoms with Gasteiger partial charge in [0.15, 0.2) is 5.96 Å². The zero-order valence-electron chi connectivity index (χ0n) is 16.9. The van der Waals surface area contributed by atoms with Crippen LogP contribution in [0.25, 0.3) is 0 Å². The molecular formula is C17H35N5O4S. The van der Waals surface area contributed by atoms with Gasteiger partial charge in [-0.1, -0.05) is 6.42 Å². The standard InChI is InChI=1S/C17H35N5O4S/c1-5-18-15(19-9-10-21-16(23)26-17(2,3)4)20-11-12-27(24,25)22-13-14-7-6-8-14/h14,22H,5-13H2,1-4H3,(H,21,23)(H2,18,19,20). The van der Waals surface area contributed by atoms with Crippen LogP contribution in [0.3, 0.4) is 0 Å². The van der Waals surface area contributed by atoms with Crippen molar-refractivity contribution in [2.75, 3.05) is 38.5 Å². The van der Waals surface area contributed by atoms with Crippen molar-refractivity contribution in [3.63, 3.8) is 0 Å². The maximum absolute atomic E-state index is 12.0. The molecule has 0 spiro atoms. The van der Waals surface area contributed by atoms with Crippen LogP contribution in [-0.4, -0.2) is 64.5 Å². The molecule has 0 radical (unpaired) electrons. The summed E-state index contributed by atoms with van der Waals surface area (Å²) >= 11 is 0. The normalized spacial score (nSPS) is 15.8. The minimum Gasteiger partial charge on any atom is -0.444 e. The first-order valence-corrected chi connectivity index (χ1v) is 11.2. The van der Waals surface area contributed by atoms with Crippen molar-refractivity contribution in [2.24, 2.45) is 10.9 Å². The minimum atomic E-state index is -3.30. The summed E-state index contributed by atoms with van der Waals surface area (Å²) in [4.78, 5) is 15.8. The molecule has 0 heterocycles. The van der Waals surface area contributed by atoms with E-state index in [0.29, 0.717) is 38.1 Å². The predicted octanol–water partition coefficient (Wildman–Crippen LogP) is 0.786. The summed E-state index contributed by atoms with van der Waals surface area (Å²) < 4.78 is 31.8. The Kier molecular flexibility index (Phi) is 9.86. The van der Waals surface area contributed by atoms with Gasteiger partial charge in [-0.15, -0.1) is 0 Å². The maximum Gasteiger partial charge on any atom is 0.407 e. The lowest BCUT2D eigenvalue weighted by atomic mass is 9.86. The largest absolute Gasteiger partial charge is 0.444 e. The second-order valence-corrected chi connectivity index (χ2v) is 9.51. The summed E-state index contributed by atoms with van der Waals surface area (Å²) in [5.41, 5.74) is -0.536. The number of sulfonamides is 1. The number of carbonyl (C=O) groups excluding carboxylic acids is 1. The third-order valence-electron chi connectivity index (χ3n) is 3.88. The number of nitrogens with zero attached hydrogens (tertiary/aromatic N) is 1. The Hall–Kier alpha value is -1.55. The van der Waals surface area contributed by atoms with Gasteiger partial charge < -0.3 is 20.7 Å². The van der Waals surface area contributed by atoms with E-state index in [1.807, 2.05) is 6.92 Å². The Morgan fingerprint density at radius 2 is 1.81 bits per heavy atom. The van der Waals surface area contributed by atoms with Crippen LogP contribution in [0.1, 0.15) is 47.0 Å². The summed E-state index contributed by atoms with van der Waals surface area (Å²) in [6, 6.07) is 0. The smallest absolute Gasteiger partial charge is 0.407 e. The second kappa shape index (κ2) is 11.3. The zero-order chi connectivity index (χ0) is 20.3. The van der Waals surface area contributed by atoms with Crippen LogP contribution >= 0.6 is 0 Å². The molecule has 0 aromatic rings. The molecule has 0 aromatic carbocycles. The molecule has 0 aromatic heterocycles. The molecule has 0 aliphatic heterocycles. The van der Waals surface area contributed by atoms with Gasteiger partial charge in [-0.3, -0.25) is 4.99 Å². The van der Waals surface area contributed by atoms with Gasteiger partial charge in [0, 0.05) is 26.2 Å². The fourth-order valence-corrected chi connectivity index (χ4v) is 3.26. The van der Waals surface area contributed by atoms with E-state index in [1.54, 1.807) is 20.8 Å². The second-order valence-electron chi connectivity index (χ2n) is 7.58. The monoisotopic (exact) mass is 405 g/mol. The number of hydrogen-bond acceptors (Lipinski definition) is 5. The van der Waals surface area contributed by atoms with E-state index in [2.05, 4.69) is 25.7 Å². The topological polar surface area (TPSA) is 121 Å². The number of alkyl carbamates (subject to hydrolysis) is 1. The highest BCUT2D eigenvalue weighted by Gasteiger charge is 2.20. The lowest BCUT2D eigenvalue weighted by Gasteiger charge is -2.25. The fourth-order valence-electron chi connectivity index (χ4n) is 2.29. The summed E-state index contributed by atoms with van der Waals surface area (Å²) in [7, 11) is -3.30.